The number of primary amides is 1. The maximum atomic E-state index is 11.0. The molecule has 0 aromatic heterocycles. The average molecular weight is 222 g/mol. The molecule has 2 aliphatic rings. The van der Waals surface area contributed by atoms with Crippen molar-refractivity contribution in [3.05, 3.63) is 23.5 Å². The third kappa shape index (κ3) is 2.85. The van der Waals surface area contributed by atoms with E-state index in [9.17, 15) is 4.79 Å². The van der Waals surface area contributed by atoms with Gasteiger partial charge in [-0.05, 0) is 38.4 Å². The van der Waals surface area contributed by atoms with Crippen molar-refractivity contribution in [1.82, 2.24) is 5.32 Å². The van der Waals surface area contributed by atoms with Gasteiger partial charge in [-0.3, -0.25) is 4.79 Å². The van der Waals surface area contributed by atoms with Crippen LogP contribution in [0.4, 0.5) is 0 Å². The van der Waals surface area contributed by atoms with Crippen molar-refractivity contribution in [3.63, 3.8) is 0 Å². The number of nitrogens with two attached hydrogens (primary N) is 1. The molecular formula is C12H18N2O2. The predicted molar refractivity (Wildman–Crippen MR) is 61.6 cm³/mol. The molecule has 0 aromatic rings. The van der Waals surface area contributed by atoms with Crippen molar-refractivity contribution in [3.8, 4) is 0 Å². The van der Waals surface area contributed by atoms with Crippen molar-refractivity contribution < 1.29 is 9.53 Å². The standard InChI is InChI=1S/C12H18N2O2/c13-12(15)9-2-1-3-11(8-9)16-10-4-6-14-7-5-10/h2,8,10,14H,1,3-7H2,(H2,13,15). The Morgan fingerprint density at radius 2 is 2.19 bits per heavy atom. The number of carbonyl (C=O) groups excluding carboxylic acids is 1. The molecule has 0 radical (unpaired) electrons. The summed E-state index contributed by atoms with van der Waals surface area (Å²) >= 11 is 0. The summed E-state index contributed by atoms with van der Waals surface area (Å²) in [5.41, 5.74) is 5.82. The van der Waals surface area contributed by atoms with Crippen LogP contribution in [0.25, 0.3) is 0 Å². The van der Waals surface area contributed by atoms with Gasteiger partial charge in [-0.1, -0.05) is 6.08 Å². The minimum absolute atomic E-state index is 0.291. The third-order valence-electron chi connectivity index (χ3n) is 2.96. The molecule has 0 atom stereocenters. The van der Waals surface area contributed by atoms with Gasteiger partial charge in [-0.15, -0.1) is 0 Å². The number of nitrogens with one attached hydrogen (secondary N) is 1. The molecule has 16 heavy (non-hydrogen) atoms. The van der Waals surface area contributed by atoms with E-state index in [1.165, 1.54) is 0 Å². The van der Waals surface area contributed by atoms with E-state index >= 15 is 0 Å². The molecule has 4 nitrogen and oxygen atoms in total. The molecule has 0 unspecified atom stereocenters. The number of amides is 1. The lowest BCUT2D eigenvalue weighted by Gasteiger charge is -2.26. The van der Waals surface area contributed by atoms with Crippen molar-refractivity contribution in [2.75, 3.05) is 13.1 Å². The third-order valence-corrected chi connectivity index (χ3v) is 2.96. The van der Waals surface area contributed by atoms with Crippen LogP contribution in [0.5, 0.6) is 0 Å². The Labute approximate surface area is 95.5 Å². The van der Waals surface area contributed by atoms with E-state index in [-0.39, 0.29) is 5.91 Å². The Kier molecular flexibility index (Phi) is 3.62. The number of hydrogen-bond donors (Lipinski definition) is 2. The van der Waals surface area contributed by atoms with Crippen molar-refractivity contribution >= 4 is 5.91 Å². The number of piperidine rings is 1. The van der Waals surface area contributed by atoms with Gasteiger partial charge in [0.1, 0.15) is 6.10 Å². The van der Waals surface area contributed by atoms with Crippen molar-refractivity contribution in [1.29, 1.82) is 0 Å². The van der Waals surface area contributed by atoms with Gasteiger partial charge in [0.25, 0.3) is 0 Å². The van der Waals surface area contributed by atoms with E-state index in [4.69, 9.17) is 10.5 Å². The van der Waals surface area contributed by atoms with Crippen LogP contribution in [-0.2, 0) is 9.53 Å². The maximum absolute atomic E-state index is 11.0. The largest absolute Gasteiger partial charge is 0.495 e. The molecule has 1 aliphatic heterocycles. The van der Waals surface area contributed by atoms with Crippen LogP contribution in [0.2, 0.25) is 0 Å². The zero-order chi connectivity index (χ0) is 11.4. The Bertz CT molecular complexity index is 328. The number of ether oxygens (including phenoxy) is 1. The average Bonchev–Trinajstić information content (AvgIpc) is 2.30. The van der Waals surface area contributed by atoms with Crippen LogP contribution in [0.1, 0.15) is 25.7 Å². The van der Waals surface area contributed by atoms with Gasteiger partial charge in [0, 0.05) is 12.0 Å². The van der Waals surface area contributed by atoms with Crippen LogP contribution in [0, 0.1) is 0 Å². The highest BCUT2D eigenvalue weighted by Gasteiger charge is 2.17. The molecule has 88 valence electrons. The Morgan fingerprint density at radius 1 is 1.44 bits per heavy atom. The monoisotopic (exact) mass is 222 g/mol. The molecule has 0 bridgehead atoms. The van der Waals surface area contributed by atoms with Crippen LogP contribution < -0.4 is 11.1 Å². The van der Waals surface area contributed by atoms with E-state index in [1.807, 2.05) is 6.08 Å². The molecule has 1 heterocycles. The summed E-state index contributed by atoms with van der Waals surface area (Å²) in [7, 11) is 0. The van der Waals surface area contributed by atoms with Gasteiger partial charge in [-0.2, -0.15) is 0 Å². The second kappa shape index (κ2) is 5.16. The quantitative estimate of drug-likeness (QED) is 0.744. The van der Waals surface area contributed by atoms with Gasteiger partial charge < -0.3 is 15.8 Å². The fourth-order valence-corrected chi connectivity index (χ4v) is 2.07. The van der Waals surface area contributed by atoms with Crippen LogP contribution in [0.15, 0.2) is 23.5 Å². The second-order valence-electron chi connectivity index (χ2n) is 4.24. The number of allylic oxidation sites excluding steroid dienone is 2. The van der Waals surface area contributed by atoms with Gasteiger partial charge in [-0.25, -0.2) is 0 Å². The number of rotatable bonds is 3. The SMILES string of the molecule is NC(=O)C1=CCCC(OC2CCNCC2)=C1. The minimum atomic E-state index is -0.369. The normalized spacial score (nSPS) is 22.2. The smallest absolute Gasteiger partial charge is 0.248 e. The van der Waals surface area contributed by atoms with Crippen LogP contribution in [0.3, 0.4) is 0 Å². The first kappa shape index (κ1) is 11.2. The van der Waals surface area contributed by atoms with Gasteiger partial charge in [0.2, 0.25) is 5.91 Å². The molecule has 1 amide bonds. The second-order valence-corrected chi connectivity index (χ2v) is 4.24. The molecule has 1 saturated heterocycles. The zero-order valence-electron chi connectivity index (χ0n) is 9.37. The van der Waals surface area contributed by atoms with Crippen LogP contribution >= 0.6 is 0 Å². The van der Waals surface area contributed by atoms with Gasteiger partial charge in [0.15, 0.2) is 0 Å². The molecule has 0 spiro atoms. The summed E-state index contributed by atoms with van der Waals surface area (Å²) in [5, 5.41) is 3.29. The molecule has 2 rings (SSSR count). The molecule has 1 aliphatic carbocycles. The topological polar surface area (TPSA) is 64.4 Å². The molecule has 3 N–H and O–H groups in total. The first-order valence-corrected chi connectivity index (χ1v) is 5.83. The lowest BCUT2D eigenvalue weighted by Crippen LogP contribution is -2.32. The van der Waals surface area contributed by atoms with E-state index in [2.05, 4.69) is 5.32 Å². The molecule has 4 heteroatoms. The van der Waals surface area contributed by atoms with Gasteiger partial charge in [0.05, 0.1) is 5.76 Å². The number of carbonyl (C=O) groups is 1. The Morgan fingerprint density at radius 3 is 2.88 bits per heavy atom. The summed E-state index contributed by atoms with van der Waals surface area (Å²) in [4.78, 5) is 11.0. The fourth-order valence-electron chi connectivity index (χ4n) is 2.07. The minimum Gasteiger partial charge on any atom is -0.495 e. The van der Waals surface area contributed by atoms with Crippen LogP contribution in [-0.4, -0.2) is 25.1 Å². The summed E-state index contributed by atoms with van der Waals surface area (Å²) < 4.78 is 5.89. The van der Waals surface area contributed by atoms with Crippen molar-refractivity contribution in [2.45, 2.75) is 31.8 Å². The Hall–Kier alpha value is -1.29. The van der Waals surface area contributed by atoms with E-state index in [0.29, 0.717) is 11.7 Å². The highest BCUT2D eigenvalue weighted by atomic mass is 16.5. The molecule has 1 fully saturated rings. The lowest BCUT2D eigenvalue weighted by molar-refractivity contribution is -0.114. The molecule has 0 saturated carbocycles. The first-order valence-electron chi connectivity index (χ1n) is 5.83. The van der Waals surface area contributed by atoms with Gasteiger partial charge >= 0.3 is 0 Å². The summed E-state index contributed by atoms with van der Waals surface area (Å²) in [6, 6.07) is 0. The number of hydrogen-bond acceptors (Lipinski definition) is 3. The lowest BCUT2D eigenvalue weighted by atomic mass is 10.0. The van der Waals surface area contributed by atoms with E-state index in [0.717, 1.165) is 44.5 Å². The molecule has 0 aromatic carbocycles. The predicted octanol–water partition coefficient (Wildman–Crippen LogP) is 0.844. The Balaban J connectivity index is 1.94. The first-order chi connectivity index (χ1) is 7.75. The highest BCUT2D eigenvalue weighted by Crippen LogP contribution is 2.22. The summed E-state index contributed by atoms with van der Waals surface area (Å²) in [6.07, 6.45) is 7.74. The maximum Gasteiger partial charge on any atom is 0.248 e. The molecular weight excluding hydrogens is 204 g/mol. The van der Waals surface area contributed by atoms with Crippen molar-refractivity contribution in [2.24, 2.45) is 5.73 Å². The summed E-state index contributed by atoms with van der Waals surface area (Å²) in [6.45, 7) is 2.02. The summed E-state index contributed by atoms with van der Waals surface area (Å²) in [5.74, 6) is 0.536. The fraction of sp³-hybridized carbons (Fsp3) is 0.583. The van der Waals surface area contributed by atoms with E-state index in [1.54, 1.807) is 6.08 Å². The zero-order valence-corrected chi connectivity index (χ0v) is 9.37. The van der Waals surface area contributed by atoms with E-state index < -0.39 is 0 Å². The highest BCUT2D eigenvalue weighted by molar-refractivity contribution is 5.95.